The van der Waals surface area contributed by atoms with Gasteiger partial charge in [-0.25, -0.2) is 8.78 Å². The first-order chi connectivity index (χ1) is 9.54. The number of carbonyl (C=O) groups excluding carboxylic acids is 1. The Bertz CT molecular complexity index is 487. The number of hydrogen-bond acceptors (Lipinski definition) is 2. The van der Waals surface area contributed by atoms with E-state index in [0.29, 0.717) is 13.0 Å². The van der Waals surface area contributed by atoms with Crippen LogP contribution in [0.4, 0.5) is 8.78 Å². The molecule has 3 nitrogen and oxygen atoms in total. The van der Waals surface area contributed by atoms with E-state index < -0.39 is 23.1 Å². The molecule has 0 aromatic heterocycles. The second kappa shape index (κ2) is 6.63. The SMILES string of the molecule is O=C(c1c(F)cc(Br)cc1F)N1CCCCCC1CO. The summed E-state index contributed by atoms with van der Waals surface area (Å²) in [6.07, 6.45) is 3.29. The van der Waals surface area contributed by atoms with E-state index in [0.717, 1.165) is 31.4 Å². The second-order valence-electron chi connectivity index (χ2n) is 4.93. The monoisotopic (exact) mass is 347 g/mol. The highest BCUT2D eigenvalue weighted by molar-refractivity contribution is 9.10. The zero-order chi connectivity index (χ0) is 14.7. The number of rotatable bonds is 2. The van der Waals surface area contributed by atoms with Crippen LogP contribution in [0.5, 0.6) is 0 Å². The molecule has 110 valence electrons. The molecule has 1 aliphatic heterocycles. The van der Waals surface area contributed by atoms with Crippen molar-refractivity contribution in [1.82, 2.24) is 4.90 Å². The van der Waals surface area contributed by atoms with Gasteiger partial charge in [0.2, 0.25) is 0 Å². The third kappa shape index (κ3) is 3.17. The maximum Gasteiger partial charge on any atom is 0.260 e. The predicted molar refractivity (Wildman–Crippen MR) is 74.4 cm³/mol. The van der Waals surface area contributed by atoms with Gasteiger partial charge in [0, 0.05) is 11.0 Å². The molecule has 1 amide bonds. The minimum absolute atomic E-state index is 0.189. The highest BCUT2D eigenvalue weighted by Gasteiger charge is 2.29. The summed E-state index contributed by atoms with van der Waals surface area (Å²) in [6, 6.07) is 1.77. The summed E-state index contributed by atoms with van der Waals surface area (Å²) in [6.45, 7) is 0.227. The van der Waals surface area contributed by atoms with Crippen LogP contribution in [0.25, 0.3) is 0 Å². The van der Waals surface area contributed by atoms with E-state index in [1.54, 1.807) is 0 Å². The lowest BCUT2D eigenvalue weighted by atomic mass is 10.1. The van der Waals surface area contributed by atoms with Crippen LogP contribution in [-0.4, -0.2) is 35.1 Å². The Morgan fingerprint density at radius 1 is 1.30 bits per heavy atom. The molecule has 1 aliphatic rings. The first-order valence-electron chi connectivity index (χ1n) is 6.61. The van der Waals surface area contributed by atoms with Crippen molar-refractivity contribution in [1.29, 1.82) is 0 Å². The average molecular weight is 348 g/mol. The number of benzene rings is 1. The minimum atomic E-state index is -0.886. The van der Waals surface area contributed by atoms with Gasteiger partial charge in [-0.15, -0.1) is 0 Å². The van der Waals surface area contributed by atoms with Crippen LogP contribution >= 0.6 is 15.9 Å². The molecule has 1 fully saturated rings. The fraction of sp³-hybridized carbons (Fsp3) is 0.500. The van der Waals surface area contributed by atoms with E-state index in [9.17, 15) is 18.7 Å². The lowest BCUT2D eigenvalue weighted by Gasteiger charge is -2.29. The van der Waals surface area contributed by atoms with Gasteiger partial charge in [-0.2, -0.15) is 0 Å². The van der Waals surface area contributed by atoms with E-state index in [4.69, 9.17) is 0 Å². The number of amides is 1. The van der Waals surface area contributed by atoms with Crippen molar-refractivity contribution in [3.63, 3.8) is 0 Å². The molecule has 6 heteroatoms. The molecule has 0 radical (unpaired) electrons. The summed E-state index contributed by atoms with van der Waals surface area (Å²) in [5, 5.41) is 9.38. The largest absolute Gasteiger partial charge is 0.394 e. The van der Waals surface area contributed by atoms with E-state index in [2.05, 4.69) is 15.9 Å². The van der Waals surface area contributed by atoms with E-state index in [1.807, 2.05) is 0 Å². The van der Waals surface area contributed by atoms with Gasteiger partial charge in [0.1, 0.15) is 17.2 Å². The molecular formula is C14H16BrF2NO2. The lowest BCUT2D eigenvalue weighted by Crippen LogP contribution is -2.42. The lowest BCUT2D eigenvalue weighted by molar-refractivity contribution is 0.0590. The fourth-order valence-electron chi connectivity index (χ4n) is 2.52. The summed E-state index contributed by atoms with van der Waals surface area (Å²) in [7, 11) is 0. The molecule has 0 spiro atoms. The van der Waals surface area contributed by atoms with Crippen LogP contribution in [0.1, 0.15) is 36.0 Å². The summed E-state index contributed by atoms with van der Waals surface area (Å²) < 4.78 is 28.0. The maximum atomic E-state index is 13.9. The van der Waals surface area contributed by atoms with Crippen LogP contribution in [0.2, 0.25) is 0 Å². The van der Waals surface area contributed by atoms with Gasteiger partial charge in [0.25, 0.3) is 5.91 Å². The first-order valence-corrected chi connectivity index (χ1v) is 7.40. The number of hydrogen-bond donors (Lipinski definition) is 1. The van der Waals surface area contributed by atoms with Crippen molar-refractivity contribution in [2.45, 2.75) is 31.7 Å². The molecule has 1 atom stereocenters. The molecule has 1 N–H and O–H groups in total. The number of aliphatic hydroxyl groups is 1. The zero-order valence-electron chi connectivity index (χ0n) is 10.9. The first kappa shape index (κ1) is 15.4. The van der Waals surface area contributed by atoms with Gasteiger partial charge in [0.05, 0.1) is 12.6 Å². The third-order valence-electron chi connectivity index (χ3n) is 3.57. The summed E-state index contributed by atoms with van der Waals surface area (Å²) >= 11 is 2.99. The number of carbonyl (C=O) groups is 1. The van der Waals surface area contributed by atoms with Crippen LogP contribution in [0, 0.1) is 11.6 Å². The Balaban J connectivity index is 2.34. The Morgan fingerprint density at radius 2 is 1.95 bits per heavy atom. The Labute approximate surface area is 124 Å². The maximum absolute atomic E-state index is 13.9. The molecular weight excluding hydrogens is 332 g/mol. The van der Waals surface area contributed by atoms with Crippen LogP contribution < -0.4 is 0 Å². The molecule has 2 rings (SSSR count). The highest BCUT2D eigenvalue weighted by atomic mass is 79.9. The topological polar surface area (TPSA) is 40.5 Å². The van der Waals surface area contributed by atoms with Crippen LogP contribution in [0.15, 0.2) is 16.6 Å². The van der Waals surface area contributed by atoms with Crippen LogP contribution in [0.3, 0.4) is 0 Å². The molecule has 1 aromatic rings. The number of likely N-dealkylation sites (tertiary alicyclic amines) is 1. The quantitative estimate of drug-likeness (QED) is 0.892. The predicted octanol–water partition coefficient (Wildman–Crippen LogP) is 3.10. The molecule has 0 bridgehead atoms. The van der Waals surface area contributed by atoms with Crippen molar-refractivity contribution >= 4 is 21.8 Å². The molecule has 1 saturated heterocycles. The summed E-state index contributed by atoms with van der Waals surface area (Å²) in [5.41, 5.74) is -0.548. The number of aliphatic hydroxyl groups excluding tert-OH is 1. The van der Waals surface area contributed by atoms with Crippen molar-refractivity contribution < 1.29 is 18.7 Å². The van der Waals surface area contributed by atoms with Gasteiger partial charge in [-0.1, -0.05) is 28.8 Å². The smallest absolute Gasteiger partial charge is 0.260 e. The Hall–Kier alpha value is -1.01. The average Bonchev–Trinajstić information content (AvgIpc) is 2.62. The summed E-state index contributed by atoms with van der Waals surface area (Å²) in [5.74, 6) is -2.46. The normalized spacial score (nSPS) is 19.8. The highest BCUT2D eigenvalue weighted by Crippen LogP contribution is 2.24. The van der Waals surface area contributed by atoms with Gasteiger partial charge in [-0.05, 0) is 25.0 Å². The number of halogens is 3. The van der Waals surface area contributed by atoms with Gasteiger partial charge in [0.15, 0.2) is 0 Å². The number of nitrogens with zero attached hydrogens (tertiary/aromatic N) is 1. The Kier molecular flexibility index (Phi) is 5.10. The van der Waals surface area contributed by atoms with Crippen molar-refractivity contribution in [3.8, 4) is 0 Å². The van der Waals surface area contributed by atoms with Gasteiger partial charge in [-0.3, -0.25) is 4.79 Å². The van der Waals surface area contributed by atoms with Crippen molar-refractivity contribution in [2.75, 3.05) is 13.2 Å². The summed E-state index contributed by atoms with van der Waals surface area (Å²) in [4.78, 5) is 13.8. The van der Waals surface area contributed by atoms with Crippen LogP contribution in [-0.2, 0) is 0 Å². The molecule has 1 heterocycles. The molecule has 0 aliphatic carbocycles. The van der Waals surface area contributed by atoms with E-state index in [1.165, 1.54) is 4.90 Å². The molecule has 0 saturated carbocycles. The minimum Gasteiger partial charge on any atom is -0.394 e. The Morgan fingerprint density at radius 3 is 2.55 bits per heavy atom. The zero-order valence-corrected chi connectivity index (χ0v) is 12.5. The second-order valence-corrected chi connectivity index (χ2v) is 5.84. The molecule has 1 aromatic carbocycles. The van der Waals surface area contributed by atoms with Gasteiger partial charge < -0.3 is 10.0 Å². The van der Waals surface area contributed by atoms with Gasteiger partial charge >= 0.3 is 0 Å². The molecule has 1 unspecified atom stereocenters. The third-order valence-corrected chi connectivity index (χ3v) is 4.03. The standard InChI is InChI=1S/C14H16BrF2NO2/c15-9-6-11(16)13(12(17)7-9)14(20)18-5-3-1-2-4-10(18)8-19/h6-7,10,19H,1-5,8H2. The fourth-order valence-corrected chi connectivity index (χ4v) is 2.93. The van der Waals surface area contributed by atoms with Crippen molar-refractivity contribution in [3.05, 3.63) is 33.8 Å². The van der Waals surface area contributed by atoms with E-state index in [-0.39, 0.29) is 17.1 Å². The van der Waals surface area contributed by atoms with E-state index >= 15 is 0 Å². The molecule has 20 heavy (non-hydrogen) atoms. The van der Waals surface area contributed by atoms with Crippen molar-refractivity contribution in [2.24, 2.45) is 0 Å².